The molecule has 0 spiro atoms. The first-order valence-electron chi connectivity index (χ1n) is 8.37. The van der Waals surface area contributed by atoms with Gasteiger partial charge in [0.1, 0.15) is 24.6 Å². The van der Waals surface area contributed by atoms with E-state index >= 15 is 0 Å². The molecule has 11 nitrogen and oxygen atoms in total. The summed E-state index contributed by atoms with van der Waals surface area (Å²) in [6.07, 6.45) is -2.18. The molecular formula is C15H21N5O6. The number of hydrogen-bond donors (Lipinski definition) is 4. The van der Waals surface area contributed by atoms with E-state index in [0.29, 0.717) is 30.2 Å². The van der Waals surface area contributed by atoms with Crippen LogP contribution in [0.5, 0.6) is 6.01 Å². The first-order valence-corrected chi connectivity index (χ1v) is 8.37. The van der Waals surface area contributed by atoms with E-state index in [9.17, 15) is 15.3 Å². The second kappa shape index (κ2) is 6.93. The number of rotatable bonds is 5. The summed E-state index contributed by atoms with van der Waals surface area (Å²) in [6, 6.07) is 0.277. The Morgan fingerprint density at radius 1 is 1.35 bits per heavy atom. The third kappa shape index (κ3) is 2.77. The van der Waals surface area contributed by atoms with Gasteiger partial charge in [-0.2, -0.15) is 4.98 Å². The van der Waals surface area contributed by atoms with Gasteiger partial charge in [-0.05, 0) is 6.42 Å². The maximum absolute atomic E-state index is 10.3. The number of ether oxygens (including phenoxy) is 3. The number of nitrogens with one attached hydrogen (secondary N) is 1. The van der Waals surface area contributed by atoms with Crippen LogP contribution in [-0.2, 0) is 9.47 Å². The molecule has 4 N–H and O–H groups in total. The average Bonchev–Trinajstić information content (AvgIpc) is 3.35. The van der Waals surface area contributed by atoms with Crippen LogP contribution in [-0.4, -0.2) is 86.1 Å². The molecule has 5 unspecified atom stereocenters. The Balaban J connectivity index is 1.75. The van der Waals surface area contributed by atoms with Crippen LogP contribution in [0.15, 0.2) is 6.33 Å². The summed E-state index contributed by atoms with van der Waals surface area (Å²) < 4.78 is 17.7. The standard InChI is InChI=1S/C15H21N5O6/c1-24-15-19-9-12(18-7-2-3-25-5-7)16-6-17-13(9)20(15)14-11(23)10(22)8(4-21)26-14/h6-8,10-11,14,21-23H,2-5H2,1H3,(H,16,17,18). The van der Waals surface area contributed by atoms with Crippen molar-refractivity contribution in [3.05, 3.63) is 6.33 Å². The molecule has 5 atom stereocenters. The minimum Gasteiger partial charge on any atom is -0.468 e. The van der Waals surface area contributed by atoms with Crippen molar-refractivity contribution in [1.29, 1.82) is 0 Å². The van der Waals surface area contributed by atoms with Gasteiger partial charge in [-0.3, -0.25) is 0 Å². The van der Waals surface area contributed by atoms with Gasteiger partial charge in [-0.15, -0.1) is 0 Å². The zero-order chi connectivity index (χ0) is 18.3. The number of aliphatic hydroxyl groups excluding tert-OH is 3. The summed E-state index contributed by atoms with van der Waals surface area (Å²) in [5.41, 5.74) is 0.835. The fourth-order valence-corrected chi connectivity index (χ4v) is 3.30. The van der Waals surface area contributed by atoms with E-state index in [2.05, 4.69) is 20.3 Å². The predicted octanol–water partition coefficient (Wildman–Crippen LogP) is -1.35. The summed E-state index contributed by atoms with van der Waals surface area (Å²) in [5, 5.41) is 33.0. The van der Waals surface area contributed by atoms with Gasteiger partial charge < -0.3 is 34.8 Å². The molecule has 4 heterocycles. The van der Waals surface area contributed by atoms with E-state index in [1.54, 1.807) is 0 Å². The van der Waals surface area contributed by atoms with Crippen LogP contribution in [0.3, 0.4) is 0 Å². The maximum atomic E-state index is 10.3. The van der Waals surface area contributed by atoms with E-state index in [4.69, 9.17) is 14.2 Å². The van der Waals surface area contributed by atoms with Crippen molar-refractivity contribution in [3.8, 4) is 6.01 Å². The van der Waals surface area contributed by atoms with Gasteiger partial charge in [0.15, 0.2) is 23.2 Å². The molecule has 0 saturated carbocycles. The largest absolute Gasteiger partial charge is 0.468 e. The molecule has 142 valence electrons. The molecule has 0 bridgehead atoms. The molecule has 11 heteroatoms. The molecule has 2 aromatic rings. The summed E-state index contributed by atoms with van der Waals surface area (Å²) in [6.45, 7) is 0.845. The Bertz CT molecular complexity index is 779. The second-order valence-electron chi connectivity index (χ2n) is 6.30. The number of imidazole rings is 1. The summed E-state index contributed by atoms with van der Waals surface area (Å²) >= 11 is 0. The number of aliphatic hydroxyl groups is 3. The molecule has 0 aromatic carbocycles. The number of nitrogens with zero attached hydrogens (tertiary/aromatic N) is 4. The minimum absolute atomic E-state index is 0.123. The molecule has 4 rings (SSSR count). The van der Waals surface area contributed by atoms with Crippen LogP contribution in [0, 0.1) is 0 Å². The van der Waals surface area contributed by atoms with Crippen molar-refractivity contribution in [2.75, 3.05) is 32.2 Å². The molecule has 2 fully saturated rings. The minimum atomic E-state index is -1.27. The maximum Gasteiger partial charge on any atom is 0.300 e. The van der Waals surface area contributed by atoms with Crippen LogP contribution in [0.2, 0.25) is 0 Å². The van der Waals surface area contributed by atoms with Crippen molar-refractivity contribution in [3.63, 3.8) is 0 Å². The van der Waals surface area contributed by atoms with Gasteiger partial charge in [-0.25, -0.2) is 14.5 Å². The topological polar surface area (TPSA) is 144 Å². The highest BCUT2D eigenvalue weighted by molar-refractivity contribution is 5.84. The van der Waals surface area contributed by atoms with E-state index in [1.165, 1.54) is 18.0 Å². The number of fused-ring (bicyclic) bond motifs is 1. The number of hydrogen-bond acceptors (Lipinski definition) is 10. The summed E-state index contributed by atoms with van der Waals surface area (Å²) in [4.78, 5) is 12.9. The number of methoxy groups -OCH3 is 1. The predicted molar refractivity (Wildman–Crippen MR) is 87.7 cm³/mol. The number of aromatic nitrogens is 4. The quantitative estimate of drug-likeness (QED) is 0.500. The molecule has 2 saturated heterocycles. The fraction of sp³-hybridized carbons (Fsp3) is 0.667. The van der Waals surface area contributed by atoms with Gasteiger partial charge in [0.2, 0.25) is 0 Å². The Morgan fingerprint density at radius 2 is 2.19 bits per heavy atom. The van der Waals surface area contributed by atoms with Crippen molar-refractivity contribution in [1.82, 2.24) is 19.5 Å². The van der Waals surface area contributed by atoms with Crippen molar-refractivity contribution >= 4 is 17.0 Å². The molecular weight excluding hydrogens is 346 g/mol. The first-order chi connectivity index (χ1) is 12.6. The monoisotopic (exact) mass is 367 g/mol. The SMILES string of the molecule is COc1nc2c(NC3CCOC3)ncnc2n1C1OC(CO)C(O)C1O. The smallest absolute Gasteiger partial charge is 0.300 e. The van der Waals surface area contributed by atoms with Gasteiger partial charge in [0, 0.05) is 6.61 Å². The lowest BCUT2D eigenvalue weighted by Gasteiger charge is -2.18. The summed E-state index contributed by atoms with van der Waals surface area (Å²) in [5.74, 6) is 0.522. The van der Waals surface area contributed by atoms with E-state index in [0.717, 1.165) is 6.42 Å². The average molecular weight is 367 g/mol. The third-order valence-electron chi connectivity index (χ3n) is 4.67. The molecule has 2 aromatic heterocycles. The lowest BCUT2D eigenvalue weighted by atomic mass is 10.1. The van der Waals surface area contributed by atoms with Crippen LogP contribution in [0.4, 0.5) is 5.82 Å². The lowest BCUT2D eigenvalue weighted by Crippen LogP contribution is -2.33. The molecule has 0 radical (unpaired) electrons. The lowest BCUT2D eigenvalue weighted by molar-refractivity contribution is -0.0537. The Morgan fingerprint density at radius 3 is 2.85 bits per heavy atom. The third-order valence-corrected chi connectivity index (χ3v) is 4.67. The van der Waals surface area contributed by atoms with Crippen LogP contribution in [0.25, 0.3) is 11.2 Å². The highest BCUT2D eigenvalue weighted by Crippen LogP contribution is 2.36. The van der Waals surface area contributed by atoms with Crippen LogP contribution in [0.1, 0.15) is 12.6 Å². The molecule has 2 aliphatic rings. The Kier molecular flexibility index (Phi) is 4.63. The Hall–Kier alpha value is -2.05. The zero-order valence-corrected chi connectivity index (χ0v) is 14.1. The van der Waals surface area contributed by atoms with Crippen LogP contribution >= 0.6 is 0 Å². The van der Waals surface area contributed by atoms with Gasteiger partial charge in [-0.1, -0.05) is 0 Å². The van der Waals surface area contributed by atoms with Gasteiger partial charge in [0.25, 0.3) is 0 Å². The normalized spacial score (nSPS) is 31.6. The molecule has 0 amide bonds. The molecule has 0 aliphatic carbocycles. The van der Waals surface area contributed by atoms with Crippen molar-refractivity contribution in [2.45, 2.75) is 37.0 Å². The highest BCUT2D eigenvalue weighted by Gasteiger charge is 2.45. The first kappa shape index (κ1) is 17.4. The Labute approximate surface area is 148 Å². The molecule has 26 heavy (non-hydrogen) atoms. The van der Waals surface area contributed by atoms with Gasteiger partial charge >= 0.3 is 6.01 Å². The van der Waals surface area contributed by atoms with E-state index in [-0.39, 0.29) is 12.1 Å². The van der Waals surface area contributed by atoms with E-state index in [1.807, 2.05) is 0 Å². The van der Waals surface area contributed by atoms with Gasteiger partial charge in [0.05, 0.1) is 26.4 Å². The number of anilines is 1. The van der Waals surface area contributed by atoms with Crippen LogP contribution < -0.4 is 10.1 Å². The molecule has 2 aliphatic heterocycles. The van der Waals surface area contributed by atoms with Crippen molar-refractivity contribution in [2.24, 2.45) is 0 Å². The summed E-state index contributed by atoms with van der Waals surface area (Å²) in [7, 11) is 1.43. The highest BCUT2D eigenvalue weighted by atomic mass is 16.6. The second-order valence-corrected chi connectivity index (χ2v) is 6.30. The fourth-order valence-electron chi connectivity index (χ4n) is 3.30. The van der Waals surface area contributed by atoms with E-state index < -0.39 is 31.1 Å². The zero-order valence-electron chi connectivity index (χ0n) is 14.1. The van der Waals surface area contributed by atoms with Crippen molar-refractivity contribution < 1.29 is 29.5 Å².